The van der Waals surface area contributed by atoms with E-state index in [1.54, 1.807) is 0 Å². The number of para-hydroxylation sites is 2. The van der Waals surface area contributed by atoms with Crippen LogP contribution in [0.1, 0.15) is 45.7 Å². The summed E-state index contributed by atoms with van der Waals surface area (Å²) in [4.78, 5) is 13.9. The highest BCUT2D eigenvalue weighted by molar-refractivity contribution is 8.03. The summed E-state index contributed by atoms with van der Waals surface area (Å²) in [6.07, 6.45) is 8.91. The van der Waals surface area contributed by atoms with Gasteiger partial charge < -0.3 is 9.73 Å². The molecule has 65 heavy (non-hydrogen) atoms. The van der Waals surface area contributed by atoms with E-state index < -0.39 is 11.1 Å². The maximum atomic E-state index is 6.58. The van der Waals surface area contributed by atoms with Crippen molar-refractivity contribution in [3.05, 3.63) is 245 Å². The number of hydrogen-bond donors (Lipinski definition) is 1. The zero-order valence-electron chi connectivity index (χ0n) is 35.4. The van der Waals surface area contributed by atoms with Gasteiger partial charge in [0, 0.05) is 49.1 Å². The Kier molecular flexibility index (Phi) is 7.97. The maximum absolute atomic E-state index is 6.58. The molecule has 3 atom stereocenters. The van der Waals surface area contributed by atoms with E-state index in [0.717, 1.165) is 63.1 Å². The normalized spacial score (nSPS) is 20.6. The number of fused-ring (bicyclic) bond motifs is 8. The number of furan rings is 1. The number of aryl methyl sites for hydroxylation is 1. The van der Waals surface area contributed by atoms with Crippen LogP contribution < -0.4 is 5.32 Å². The van der Waals surface area contributed by atoms with Crippen molar-refractivity contribution in [1.29, 1.82) is 0 Å². The van der Waals surface area contributed by atoms with Crippen molar-refractivity contribution in [1.82, 2.24) is 5.32 Å². The van der Waals surface area contributed by atoms with Crippen LogP contribution in [0.4, 0.5) is 0 Å². The Bertz CT molecular complexity index is 3510. The minimum absolute atomic E-state index is 0.0821. The van der Waals surface area contributed by atoms with Crippen molar-refractivity contribution in [3.63, 3.8) is 0 Å². The van der Waals surface area contributed by atoms with Crippen LogP contribution >= 0.6 is 11.8 Å². The number of aliphatic imine (C=N–C) groups is 2. The number of hydrogen-bond acceptors (Lipinski definition) is 5. The van der Waals surface area contributed by atoms with Gasteiger partial charge in [-0.25, -0.2) is 9.98 Å². The first-order valence-corrected chi connectivity index (χ1v) is 23.5. The number of benzene rings is 8. The van der Waals surface area contributed by atoms with Crippen molar-refractivity contribution in [2.45, 2.75) is 34.7 Å². The van der Waals surface area contributed by atoms with Gasteiger partial charge >= 0.3 is 0 Å². The van der Waals surface area contributed by atoms with Gasteiger partial charge in [-0.3, -0.25) is 0 Å². The minimum Gasteiger partial charge on any atom is -0.455 e. The topological polar surface area (TPSA) is 49.9 Å². The Hall–Kier alpha value is -7.47. The lowest BCUT2D eigenvalue weighted by Gasteiger charge is -2.26. The lowest BCUT2D eigenvalue weighted by atomic mass is 9.83. The Morgan fingerprint density at radius 1 is 0.569 bits per heavy atom. The quantitative estimate of drug-likeness (QED) is 0.188. The van der Waals surface area contributed by atoms with Crippen LogP contribution in [0.25, 0.3) is 55.3 Å². The molecule has 5 heteroatoms. The van der Waals surface area contributed by atoms with Gasteiger partial charge in [-0.2, -0.15) is 0 Å². The first-order valence-electron chi connectivity index (χ1n) is 22.7. The van der Waals surface area contributed by atoms with Gasteiger partial charge in [0.25, 0.3) is 0 Å². The predicted molar refractivity (Wildman–Crippen MR) is 267 cm³/mol. The molecule has 1 N–H and O–H groups in total. The average Bonchev–Trinajstić information content (AvgIpc) is 3.58. The summed E-state index contributed by atoms with van der Waals surface area (Å²) in [5.74, 6) is 2.07. The fourth-order valence-electron chi connectivity index (χ4n) is 11.6. The van der Waals surface area contributed by atoms with Gasteiger partial charge in [-0.15, -0.1) is 0 Å². The lowest BCUT2D eigenvalue weighted by molar-refractivity contribution is 0.611. The van der Waals surface area contributed by atoms with Crippen molar-refractivity contribution >= 4 is 45.4 Å². The van der Waals surface area contributed by atoms with Crippen molar-refractivity contribution < 1.29 is 4.42 Å². The van der Waals surface area contributed by atoms with Crippen molar-refractivity contribution in [2.24, 2.45) is 15.9 Å². The van der Waals surface area contributed by atoms with Gasteiger partial charge in [0.1, 0.15) is 22.8 Å². The summed E-state index contributed by atoms with van der Waals surface area (Å²) in [7, 11) is 0. The third-order valence-electron chi connectivity index (χ3n) is 14.6. The molecule has 1 fully saturated rings. The minimum atomic E-state index is -0.723. The highest BCUT2D eigenvalue weighted by Gasteiger charge is 2.82. The molecule has 14 rings (SSSR count). The molecule has 5 aliphatic rings. The number of rotatable bonds is 5. The lowest BCUT2D eigenvalue weighted by Crippen LogP contribution is -2.40. The fourth-order valence-corrected chi connectivity index (χ4v) is 13.0. The van der Waals surface area contributed by atoms with E-state index >= 15 is 0 Å². The molecule has 0 saturated heterocycles. The molecule has 8 aromatic carbocycles. The molecular formula is C60H41N3OS. The molecule has 0 amide bonds. The molecule has 0 radical (unpaired) electrons. The number of allylic oxidation sites excluding steroid dienone is 2. The number of nitrogens with one attached hydrogen (secondary N) is 1. The SMILES string of the molecule is C1=CC2C3(N=C(c4ccccc4)NC(c4ccccc4)=N3)C23C(=C1)Sc1ccc(-c2ccc4c(c2)-c2cc(-c5cccc6c5oc5ccccc56)ccc2CCC4c2ccccc2)cc13. The number of amidine groups is 2. The van der Waals surface area contributed by atoms with E-state index in [1.807, 2.05) is 17.8 Å². The Labute approximate surface area is 381 Å². The van der Waals surface area contributed by atoms with Crippen molar-refractivity contribution in [2.75, 3.05) is 0 Å². The van der Waals surface area contributed by atoms with Crippen LogP contribution in [0, 0.1) is 5.92 Å². The number of thioether (sulfide) groups is 1. The zero-order valence-corrected chi connectivity index (χ0v) is 36.2. The van der Waals surface area contributed by atoms with Crippen LogP contribution in [-0.2, 0) is 11.8 Å². The zero-order chi connectivity index (χ0) is 42.7. The molecule has 0 bridgehead atoms. The first kappa shape index (κ1) is 37.0. The standard InChI is InChI=1S/C60H41N3OS/c1-4-14-37(15-5-1)44-31-28-38-26-27-43(45-21-12-22-48-47-20-10-11-23-52(47)64-56(45)48)35-49(38)50-34-41(29-32-46(44)50)42-30-33-53-51(36-42)59-54(24-13-25-55(59)65-53)60(59)62-57(39-16-6-2-7-17-39)61-58(63-60)40-18-8-3-9-19-40/h1-27,29-30,32-36,44,54H,28,31H2,(H,61,62,63). The Morgan fingerprint density at radius 2 is 1.25 bits per heavy atom. The third-order valence-corrected chi connectivity index (χ3v) is 15.9. The van der Waals surface area contributed by atoms with Gasteiger partial charge in [0.15, 0.2) is 5.66 Å². The van der Waals surface area contributed by atoms with Crippen LogP contribution in [0.15, 0.2) is 230 Å². The molecule has 9 aromatic rings. The van der Waals surface area contributed by atoms with Gasteiger partial charge in [0.2, 0.25) is 0 Å². The fraction of sp³-hybridized carbons (Fsp3) is 0.100. The molecule has 2 aliphatic heterocycles. The van der Waals surface area contributed by atoms with Crippen LogP contribution in [0.2, 0.25) is 0 Å². The largest absolute Gasteiger partial charge is 0.455 e. The molecule has 1 saturated carbocycles. The van der Waals surface area contributed by atoms with Crippen LogP contribution in [0.3, 0.4) is 0 Å². The van der Waals surface area contributed by atoms with E-state index in [0.29, 0.717) is 0 Å². The van der Waals surface area contributed by atoms with Gasteiger partial charge in [-0.05, 0) is 93.2 Å². The second kappa shape index (κ2) is 14.0. The van der Waals surface area contributed by atoms with Gasteiger partial charge in [-0.1, -0.05) is 188 Å². The Morgan fingerprint density at radius 3 is 2.05 bits per heavy atom. The summed E-state index contributed by atoms with van der Waals surface area (Å²) < 4.78 is 6.58. The molecule has 1 aromatic heterocycles. The average molecular weight is 852 g/mol. The summed E-state index contributed by atoms with van der Waals surface area (Å²) >= 11 is 1.89. The highest BCUT2D eigenvalue weighted by atomic mass is 32.2. The highest BCUT2D eigenvalue weighted by Crippen LogP contribution is 2.78. The summed E-state index contributed by atoms with van der Waals surface area (Å²) in [5, 5.41) is 5.95. The van der Waals surface area contributed by atoms with E-state index in [2.05, 4.69) is 206 Å². The summed E-state index contributed by atoms with van der Waals surface area (Å²) in [6.45, 7) is 0. The van der Waals surface area contributed by atoms with Gasteiger partial charge in [0.05, 0.1) is 5.41 Å². The summed E-state index contributed by atoms with van der Waals surface area (Å²) in [5.41, 5.74) is 15.6. The summed E-state index contributed by atoms with van der Waals surface area (Å²) in [6, 6.07) is 68.5. The molecule has 308 valence electrons. The second-order valence-electron chi connectivity index (χ2n) is 18.0. The molecule has 4 nitrogen and oxygen atoms in total. The van der Waals surface area contributed by atoms with E-state index in [9.17, 15) is 0 Å². The molecule has 2 spiro atoms. The second-order valence-corrected chi connectivity index (χ2v) is 19.1. The molecule has 3 heterocycles. The van der Waals surface area contributed by atoms with E-state index in [4.69, 9.17) is 14.4 Å². The molecule has 3 unspecified atom stereocenters. The van der Waals surface area contributed by atoms with Crippen molar-refractivity contribution in [3.8, 4) is 33.4 Å². The first-order chi connectivity index (χ1) is 32.2. The third kappa shape index (κ3) is 5.39. The Balaban J connectivity index is 0.931. The smallest absolute Gasteiger partial charge is 0.177 e. The number of nitrogens with zero attached hydrogens (tertiary/aromatic N) is 2. The van der Waals surface area contributed by atoms with E-state index in [-0.39, 0.29) is 11.8 Å². The molecular weight excluding hydrogens is 811 g/mol. The maximum Gasteiger partial charge on any atom is 0.177 e. The van der Waals surface area contributed by atoms with E-state index in [1.165, 1.54) is 59.9 Å². The monoisotopic (exact) mass is 851 g/mol. The van der Waals surface area contributed by atoms with Crippen LogP contribution in [0.5, 0.6) is 0 Å². The van der Waals surface area contributed by atoms with Crippen LogP contribution in [-0.4, -0.2) is 17.3 Å². The molecule has 3 aliphatic carbocycles. The predicted octanol–water partition coefficient (Wildman–Crippen LogP) is 14.3.